The van der Waals surface area contributed by atoms with Crippen LogP contribution in [0, 0.1) is 27.7 Å². The van der Waals surface area contributed by atoms with Gasteiger partial charge in [-0.05, 0) is 195 Å². The van der Waals surface area contributed by atoms with Gasteiger partial charge >= 0.3 is 0 Å². The average Bonchev–Trinajstić information content (AvgIpc) is 3.18. The van der Waals surface area contributed by atoms with Gasteiger partial charge in [-0.15, -0.1) is 0 Å². The van der Waals surface area contributed by atoms with E-state index in [0.29, 0.717) is 0 Å². The van der Waals surface area contributed by atoms with Gasteiger partial charge in [-0.1, -0.05) is 121 Å². The van der Waals surface area contributed by atoms with E-state index in [9.17, 15) is 0 Å². The van der Waals surface area contributed by atoms with Gasteiger partial charge in [0.25, 0.3) is 0 Å². The lowest BCUT2D eigenvalue weighted by atomic mass is 9.81. The Balaban J connectivity index is 0.897. The van der Waals surface area contributed by atoms with Gasteiger partial charge in [0.15, 0.2) is 0 Å². The molecule has 0 aliphatic rings. The van der Waals surface area contributed by atoms with Crippen LogP contribution in [0.2, 0.25) is 0 Å². The molecule has 15 aromatic rings. The summed E-state index contributed by atoms with van der Waals surface area (Å²) in [5, 5.41) is 6.97. The van der Waals surface area contributed by atoms with E-state index in [1.165, 1.54) is 66.1 Å². The van der Waals surface area contributed by atoms with Gasteiger partial charge < -0.3 is 18.9 Å². The van der Waals surface area contributed by atoms with E-state index in [1.807, 2.05) is 12.4 Å². The van der Waals surface area contributed by atoms with Gasteiger partial charge in [0, 0.05) is 101 Å². The van der Waals surface area contributed by atoms with E-state index >= 15 is 0 Å². The molecule has 6 nitrogen and oxygen atoms in total. The number of anilines is 6. The summed E-state index contributed by atoms with van der Waals surface area (Å²) in [5.74, 6) is 0. The van der Waals surface area contributed by atoms with Crippen molar-refractivity contribution >= 4 is 99.5 Å². The second kappa shape index (κ2) is 19.7. The first-order valence-corrected chi connectivity index (χ1v) is 28.1. The number of hydrogen-bond donors (Lipinski definition) is 0. The van der Waals surface area contributed by atoms with Crippen molar-refractivity contribution in [1.82, 2.24) is 19.1 Å². The van der Waals surface area contributed by atoms with Gasteiger partial charge in [0.1, 0.15) is 0 Å². The predicted molar refractivity (Wildman–Crippen MR) is 345 cm³/mol. The molecule has 4 aromatic heterocycles. The number of benzene rings is 11. The van der Waals surface area contributed by atoms with Crippen LogP contribution < -0.4 is 9.80 Å². The molecular formula is C76H56N6. The monoisotopic (exact) mass is 1050 g/mol. The zero-order valence-corrected chi connectivity index (χ0v) is 46.1. The summed E-state index contributed by atoms with van der Waals surface area (Å²) in [6.45, 7) is 9.13. The highest BCUT2D eigenvalue weighted by molar-refractivity contribution is 6.20. The van der Waals surface area contributed by atoms with E-state index in [2.05, 4.69) is 301 Å². The van der Waals surface area contributed by atoms with Crippen LogP contribution in [0.1, 0.15) is 22.3 Å². The first kappa shape index (κ1) is 48.6. The van der Waals surface area contributed by atoms with Crippen molar-refractivity contribution in [2.24, 2.45) is 0 Å². The van der Waals surface area contributed by atoms with Crippen LogP contribution in [-0.4, -0.2) is 19.1 Å². The molecule has 11 aromatic carbocycles. The second-order valence-electron chi connectivity index (χ2n) is 21.6. The third-order valence-corrected chi connectivity index (χ3v) is 16.6. The van der Waals surface area contributed by atoms with Crippen LogP contribution in [0.15, 0.2) is 267 Å². The Morgan fingerprint density at radius 3 is 0.915 bits per heavy atom. The number of rotatable bonds is 10. The molecule has 0 unspecified atom stereocenters. The van der Waals surface area contributed by atoms with Gasteiger partial charge in [-0.3, -0.25) is 9.97 Å². The minimum Gasteiger partial charge on any atom is -0.310 e. The SMILES string of the molecule is Cc1cc(-n2c3ccccc3c3cc(N(c4ccccc4)c4ccccc4)ccc32)cc(C)c1-c1c(-c2c(C)cc(-n3c4ccccc4c4cc(N(c5ccccc5)c5ccccc5)ccc43)cc2C)c2cccnc2c2ncccc12. The molecule has 0 atom stereocenters. The number of para-hydroxylation sites is 6. The predicted octanol–water partition coefficient (Wildman–Crippen LogP) is 20.5. The average molecular weight is 1050 g/mol. The number of hydrogen-bond acceptors (Lipinski definition) is 4. The van der Waals surface area contributed by atoms with E-state index in [1.54, 1.807) is 0 Å². The molecule has 0 bridgehead atoms. The number of fused-ring (bicyclic) bond motifs is 9. The number of nitrogens with zero attached hydrogens (tertiary/aromatic N) is 6. The molecule has 0 amide bonds. The molecule has 0 spiro atoms. The van der Waals surface area contributed by atoms with Crippen LogP contribution in [0.25, 0.3) is 99.0 Å². The second-order valence-corrected chi connectivity index (χ2v) is 21.6. The Labute approximate surface area is 476 Å². The topological polar surface area (TPSA) is 42.1 Å². The van der Waals surface area contributed by atoms with Gasteiger partial charge in [-0.25, -0.2) is 0 Å². The standard InChI is InChI=1S/C76H56N6/c1-49-43-59(81-67-35-19-17-31-61(67)65-47-57(37-39-69(65)81)79(53-23-9-5-10-24-53)54-25-11-6-12-26-54)44-50(2)71(49)73-63-33-21-41-77-75(63)76-64(34-22-42-78-76)74(73)72-51(3)45-60(46-52(72)4)82-68-36-20-18-32-62(68)66-48-58(38-40-70(66)82)80(55-27-13-7-14-28-55)56-29-15-8-16-30-56/h5-48H,1-4H3. The summed E-state index contributed by atoms with van der Waals surface area (Å²) in [7, 11) is 0. The van der Waals surface area contributed by atoms with Crippen molar-refractivity contribution < 1.29 is 0 Å². The zero-order valence-electron chi connectivity index (χ0n) is 46.1. The highest BCUT2D eigenvalue weighted by atomic mass is 15.1. The smallest absolute Gasteiger partial charge is 0.0971 e. The summed E-state index contributed by atoms with van der Waals surface area (Å²) < 4.78 is 4.90. The van der Waals surface area contributed by atoms with Gasteiger partial charge in [0.05, 0.1) is 33.1 Å². The summed E-state index contributed by atoms with van der Waals surface area (Å²) in [6.07, 6.45) is 3.80. The van der Waals surface area contributed by atoms with E-state index < -0.39 is 0 Å². The molecular weight excluding hydrogens is 997 g/mol. The van der Waals surface area contributed by atoms with Crippen molar-refractivity contribution in [3.8, 4) is 33.6 Å². The summed E-state index contributed by atoms with van der Waals surface area (Å²) in [4.78, 5) is 14.9. The Hall–Kier alpha value is -10.6. The number of aromatic nitrogens is 4. The maximum Gasteiger partial charge on any atom is 0.0971 e. The van der Waals surface area contributed by atoms with E-state index in [0.717, 1.165) is 89.4 Å². The molecule has 4 heterocycles. The Morgan fingerprint density at radius 1 is 0.256 bits per heavy atom. The van der Waals surface area contributed by atoms with Crippen molar-refractivity contribution in [2.45, 2.75) is 27.7 Å². The molecule has 0 aliphatic heterocycles. The van der Waals surface area contributed by atoms with E-state index in [-0.39, 0.29) is 0 Å². The highest BCUT2D eigenvalue weighted by Gasteiger charge is 2.26. The van der Waals surface area contributed by atoms with Crippen LogP contribution in [0.5, 0.6) is 0 Å². The lowest BCUT2D eigenvalue weighted by Crippen LogP contribution is -2.09. The molecule has 82 heavy (non-hydrogen) atoms. The molecule has 0 fully saturated rings. The van der Waals surface area contributed by atoms with Gasteiger partial charge in [-0.2, -0.15) is 0 Å². The minimum atomic E-state index is 0.896. The first-order chi connectivity index (χ1) is 40.4. The van der Waals surface area contributed by atoms with Gasteiger partial charge in [0.2, 0.25) is 0 Å². The zero-order chi connectivity index (χ0) is 55.0. The Morgan fingerprint density at radius 2 is 0.561 bits per heavy atom. The fourth-order valence-electron chi connectivity index (χ4n) is 13.3. The van der Waals surface area contributed by atoms with Crippen molar-refractivity contribution in [2.75, 3.05) is 9.80 Å². The molecule has 0 saturated carbocycles. The fraction of sp³-hybridized carbons (Fsp3) is 0.0526. The molecule has 390 valence electrons. The number of pyridine rings is 2. The minimum absolute atomic E-state index is 0.896. The van der Waals surface area contributed by atoms with Crippen LogP contribution in [-0.2, 0) is 0 Å². The van der Waals surface area contributed by atoms with Crippen LogP contribution in [0.3, 0.4) is 0 Å². The normalized spacial score (nSPS) is 11.7. The first-order valence-electron chi connectivity index (χ1n) is 28.1. The summed E-state index contributed by atoms with van der Waals surface area (Å²) in [5.41, 5.74) is 24.8. The Bertz CT molecular complexity index is 4530. The number of aryl methyl sites for hydroxylation is 4. The maximum absolute atomic E-state index is 5.10. The fourth-order valence-corrected chi connectivity index (χ4v) is 13.3. The molecule has 0 N–H and O–H groups in total. The Kier molecular flexibility index (Phi) is 11.6. The van der Waals surface area contributed by atoms with Crippen LogP contribution >= 0.6 is 0 Å². The molecule has 6 heteroatoms. The summed E-state index contributed by atoms with van der Waals surface area (Å²) >= 11 is 0. The third kappa shape index (κ3) is 7.86. The maximum atomic E-state index is 5.10. The van der Waals surface area contributed by atoms with Crippen LogP contribution in [0.4, 0.5) is 34.1 Å². The quantitative estimate of drug-likeness (QED) is 0.128. The van der Waals surface area contributed by atoms with E-state index in [4.69, 9.17) is 9.97 Å². The van der Waals surface area contributed by atoms with Crippen molar-refractivity contribution in [3.63, 3.8) is 0 Å². The van der Waals surface area contributed by atoms with Crippen molar-refractivity contribution in [3.05, 3.63) is 289 Å². The molecule has 0 saturated heterocycles. The third-order valence-electron chi connectivity index (χ3n) is 16.6. The lowest BCUT2D eigenvalue weighted by Gasteiger charge is -2.25. The lowest BCUT2D eigenvalue weighted by molar-refractivity contribution is 1.16. The largest absolute Gasteiger partial charge is 0.310 e. The highest BCUT2D eigenvalue weighted by Crippen LogP contribution is 2.49. The van der Waals surface area contributed by atoms with Crippen molar-refractivity contribution in [1.29, 1.82) is 0 Å². The molecule has 15 rings (SSSR count). The molecule has 0 aliphatic carbocycles. The summed E-state index contributed by atoms with van der Waals surface area (Å²) in [6, 6.07) is 92.2. The molecule has 0 radical (unpaired) electrons.